The minimum absolute atomic E-state index is 0.0331. The Bertz CT molecular complexity index is 1410. The Kier molecular flexibility index (Phi) is 6.41. The Morgan fingerprint density at radius 1 is 1.09 bits per heavy atom. The average molecular weight is 512 g/mol. The summed E-state index contributed by atoms with van der Waals surface area (Å²) < 4.78 is 54.0. The number of fused-ring (bicyclic) bond motifs is 1. The van der Waals surface area contributed by atoms with Gasteiger partial charge >= 0.3 is 0 Å². The number of pyridine rings is 1. The minimum Gasteiger partial charge on any atom is -0.365 e. The number of anilines is 1. The van der Waals surface area contributed by atoms with Crippen LogP contribution in [0.3, 0.4) is 0 Å². The van der Waals surface area contributed by atoms with Crippen molar-refractivity contribution in [1.82, 2.24) is 14.8 Å². The molecule has 178 valence electrons. The Labute approximate surface area is 198 Å². The van der Waals surface area contributed by atoms with Crippen LogP contribution in [0.1, 0.15) is 44.5 Å². The summed E-state index contributed by atoms with van der Waals surface area (Å²) in [6.45, 7) is 2.96. The second kappa shape index (κ2) is 9.14. The van der Waals surface area contributed by atoms with E-state index < -0.39 is 42.6 Å². The molecule has 0 spiro atoms. The number of rotatable bonds is 7. The van der Waals surface area contributed by atoms with Gasteiger partial charge in [-0.25, -0.2) is 22.5 Å². The van der Waals surface area contributed by atoms with Crippen molar-refractivity contribution in [1.29, 1.82) is 0 Å². The highest BCUT2D eigenvalue weighted by atomic mass is 32.1. The quantitative estimate of drug-likeness (QED) is 0.322. The van der Waals surface area contributed by atoms with E-state index in [9.17, 15) is 27.2 Å². The topological polar surface area (TPSA) is 103 Å². The van der Waals surface area contributed by atoms with Crippen LogP contribution in [-0.4, -0.2) is 26.6 Å². The van der Waals surface area contributed by atoms with Crippen molar-refractivity contribution in [2.45, 2.75) is 33.2 Å². The molecule has 4 aromatic rings. The maximum Gasteiger partial charge on any atom is 0.282 e. The van der Waals surface area contributed by atoms with Crippen LogP contribution in [0.25, 0.3) is 20.7 Å². The van der Waals surface area contributed by atoms with Crippen molar-refractivity contribution in [3.05, 3.63) is 51.1 Å². The first kappa shape index (κ1) is 23.8. The lowest BCUT2D eigenvalue weighted by atomic mass is 10.1. The first-order valence-corrected chi connectivity index (χ1v) is 11.4. The van der Waals surface area contributed by atoms with Gasteiger partial charge < -0.3 is 11.1 Å². The number of carbonyl (C=O) groups is 2. The van der Waals surface area contributed by atoms with Crippen LogP contribution < -0.4 is 11.1 Å². The fraction of sp³-hybridized carbons (Fsp3) is 0.238. The minimum atomic E-state index is -2.85. The fourth-order valence-corrected chi connectivity index (χ4v) is 5.32. The number of hydrogen-bond donors (Lipinski definition) is 2. The fourth-order valence-electron chi connectivity index (χ4n) is 3.41. The number of primary amides is 1. The van der Waals surface area contributed by atoms with Crippen molar-refractivity contribution >= 4 is 50.4 Å². The van der Waals surface area contributed by atoms with E-state index in [0.717, 1.165) is 20.9 Å². The lowest BCUT2D eigenvalue weighted by Gasteiger charge is -2.10. The third-order valence-corrected chi connectivity index (χ3v) is 7.05. The lowest BCUT2D eigenvalue weighted by Crippen LogP contribution is -2.22. The van der Waals surface area contributed by atoms with E-state index in [0.29, 0.717) is 21.5 Å². The molecule has 0 aliphatic carbocycles. The summed E-state index contributed by atoms with van der Waals surface area (Å²) >= 11 is 2.14. The molecule has 0 aromatic carbocycles. The summed E-state index contributed by atoms with van der Waals surface area (Å²) in [6, 6.07) is 5.95. The molecule has 0 saturated carbocycles. The monoisotopic (exact) mass is 511 g/mol. The van der Waals surface area contributed by atoms with Gasteiger partial charge in [0.1, 0.15) is 27.6 Å². The number of nitrogens with zero attached hydrogens (tertiary/aromatic N) is 3. The van der Waals surface area contributed by atoms with Crippen LogP contribution in [0.5, 0.6) is 0 Å². The summed E-state index contributed by atoms with van der Waals surface area (Å²) in [7, 11) is 0. The van der Waals surface area contributed by atoms with Gasteiger partial charge in [0.25, 0.3) is 18.8 Å². The van der Waals surface area contributed by atoms with Crippen LogP contribution in [0.15, 0.2) is 24.3 Å². The second-order valence-corrected chi connectivity index (χ2v) is 9.66. The third kappa shape index (κ3) is 4.53. The molecule has 0 saturated heterocycles. The molecule has 0 radical (unpaired) electrons. The molecule has 7 nitrogen and oxygen atoms in total. The first-order chi connectivity index (χ1) is 16.0. The predicted octanol–water partition coefficient (Wildman–Crippen LogP) is 5.45. The van der Waals surface area contributed by atoms with Crippen LogP contribution in [0.2, 0.25) is 0 Å². The number of aryl methyl sites for hydroxylation is 2. The summed E-state index contributed by atoms with van der Waals surface area (Å²) in [5.74, 6) is -1.54. The Balaban J connectivity index is 1.82. The van der Waals surface area contributed by atoms with Gasteiger partial charge in [-0.05, 0) is 38.1 Å². The van der Waals surface area contributed by atoms with E-state index in [1.807, 2.05) is 13.0 Å². The summed E-state index contributed by atoms with van der Waals surface area (Å²) in [4.78, 5) is 30.5. The van der Waals surface area contributed by atoms with E-state index in [2.05, 4.69) is 15.4 Å². The van der Waals surface area contributed by atoms with Crippen molar-refractivity contribution < 1.29 is 27.2 Å². The predicted molar refractivity (Wildman–Crippen MR) is 122 cm³/mol. The van der Waals surface area contributed by atoms with Crippen molar-refractivity contribution in [2.24, 2.45) is 5.73 Å². The van der Waals surface area contributed by atoms with Gasteiger partial charge in [0, 0.05) is 26.4 Å². The maximum absolute atomic E-state index is 13.5. The number of aromatic nitrogens is 3. The lowest BCUT2D eigenvalue weighted by molar-refractivity contribution is -0.116. The van der Waals surface area contributed by atoms with Gasteiger partial charge in [0.15, 0.2) is 0 Å². The van der Waals surface area contributed by atoms with Crippen LogP contribution in [0.4, 0.5) is 23.2 Å². The SMILES string of the molecule is Cc1ccc(-c2cc(C(F)F)nc3sc(C(N)=O)c(NC(=O)Cn4nc(C(F)F)cc4C)c23)s1. The number of carbonyl (C=O) groups excluding carboxylic acids is 2. The van der Waals surface area contributed by atoms with Gasteiger partial charge in [0.05, 0.1) is 5.69 Å². The van der Waals surface area contributed by atoms with Gasteiger partial charge in [-0.1, -0.05) is 0 Å². The van der Waals surface area contributed by atoms with Gasteiger partial charge in [0.2, 0.25) is 5.91 Å². The van der Waals surface area contributed by atoms with Crippen LogP contribution in [0, 0.1) is 13.8 Å². The molecule has 0 aliphatic rings. The molecule has 0 bridgehead atoms. The molecule has 0 atom stereocenters. The molecule has 4 rings (SSSR count). The zero-order valence-electron chi connectivity index (χ0n) is 17.7. The number of thiophene rings is 2. The van der Waals surface area contributed by atoms with Crippen molar-refractivity contribution in [2.75, 3.05) is 5.32 Å². The largest absolute Gasteiger partial charge is 0.365 e. The second-order valence-electron chi connectivity index (χ2n) is 7.37. The van der Waals surface area contributed by atoms with E-state index in [1.54, 1.807) is 6.07 Å². The Morgan fingerprint density at radius 2 is 1.79 bits per heavy atom. The van der Waals surface area contributed by atoms with Gasteiger partial charge in [-0.2, -0.15) is 5.10 Å². The van der Waals surface area contributed by atoms with Crippen LogP contribution >= 0.6 is 22.7 Å². The molecule has 0 aliphatic heterocycles. The molecule has 0 fully saturated rings. The summed E-state index contributed by atoms with van der Waals surface area (Å²) in [6.07, 6.45) is -5.65. The zero-order chi connectivity index (χ0) is 24.7. The molecule has 34 heavy (non-hydrogen) atoms. The molecule has 4 heterocycles. The number of alkyl halides is 4. The van der Waals surface area contributed by atoms with E-state index in [4.69, 9.17) is 5.73 Å². The molecule has 4 aromatic heterocycles. The highest BCUT2D eigenvalue weighted by molar-refractivity contribution is 7.21. The maximum atomic E-state index is 13.5. The number of halogens is 4. The van der Waals surface area contributed by atoms with E-state index in [1.165, 1.54) is 30.4 Å². The van der Waals surface area contributed by atoms with E-state index in [-0.39, 0.29) is 15.4 Å². The molecule has 13 heteroatoms. The third-order valence-electron chi connectivity index (χ3n) is 4.92. The molecular formula is C21H17F4N5O2S2. The highest BCUT2D eigenvalue weighted by Crippen LogP contribution is 2.44. The summed E-state index contributed by atoms with van der Waals surface area (Å²) in [5.41, 5.74) is 5.30. The number of nitrogens with one attached hydrogen (secondary N) is 1. The van der Waals surface area contributed by atoms with Gasteiger partial charge in [-0.15, -0.1) is 22.7 Å². The Hall–Kier alpha value is -3.32. The van der Waals surface area contributed by atoms with Crippen molar-refractivity contribution in [3.8, 4) is 10.4 Å². The standard InChI is InChI=1S/C21H17F4N5O2S2/c1-8-5-12(19(24)25)29-30(8)7-14(31)28-16-15-10(13-4-3-9(2)33-13)6-11(18(22)23)27-21(15)34-17(16)20(26)32/h3-6,18-19H,7H2,1-2H3,(H2,26,32)(H,28,31). The van der Waals surface area contributed by atoms with Gasteiger partial charge in [-0.3, -0.25) is 14.3 Å². The zero-order valence-corrected chi connectivity index (χ0v) is 19.4. The molecule has 3 N–H and O–H groups in total. The van der Waals surface area contributed by atoms with Crippen LogP contribution in [-0.2, 0) is 11.3 Å². The normalized spacial score (nSPS) is 11.6. The van der Waals surface area contributed by atoms with Crippen molar-refractivity contribution in [3.63, 3.8) is 0 Å². The highest BCUT2D eigenvalue weighted by Gasteiger charge is 2.26. The number of amides is 2. The van der Waals surface area contributed by atoms with E-state index >= 15 is 0 Å². The smallest absolute Gasteiger partial charge is 0.282 e. The first-order valence-electron chi connectivity index (χ1n) is 9.79. The Morgan fingerprint density at radius 3 is 2.35 bits per heavy atom. The average Bonchev–Trinajstić information content (AvgIpc) is 3.45. The number of hydrogen-bond acceptors (Lipinski definition) is 6. The number of nitrogens with two attached hydrogens (primary N) is 1. The molecular weight excluding hydrogens is 494 g/mol. The molecule has 0 unspecified atom stereocenters. The molecule has 2 amide bonds. The summed E-state index contributed by atoms with van der Waals surface area (Å²) in [5, 5.41) is 6.61.